The minimum absolute atomic E-state index is 0.0232. The van der Waals surface area contributed by atoms with Gasteiger partial charge in [-0.05, 0) is 80.0 Å². The highest BCUT2D eigenvalue weighted by Gasteiger charge is 2.57. The molecule has 4 atom stereocenters. The lowest BCUT2D eigenvalue weighted by molar-refractivity contribution is -0.167. The standard InChI is InChI=1S/C18H22ClNO2/c19-14-1-3-15(4-2-14)20-16(21)10-17-6-12-5-13(7-17)9-18(22,8-12)11-17/h1-4,12-13,22H,5-11H2,(H,20,21)/t12-,13+,17?,18?. The summed E-state index contributed by atoms with van der Waals surface area (Å²) in [5.74, 6) is 1.30. The van der Waals surface area contributed by atoms with Gasteiger partial charge in [0.2, 0.25) is 5.91 Å². The van der Waals surface area contributed by atoms with Crippen LogP contribution in [0.2, 0.25) is 5.02 Å². The molecular formula is C18H22ClNO2. The SMILES string of the molecule is O=C(CC12C[C@@H]3C[C@@H](CC(O)(C3)C1)C2)Nc1ccc(Cl)cc1. The number of nitrogens with one attached hydrogen (secondary N) is 1. The Morgan fingerprint density at radius 3 is 2.41 bits per heavy atom. The van der Waals surface area contributed by atoms with Gasteiger partial charge in [-0.2, -0.15) is 0 Å². The van der Waals surface area contributed by atoms with Crippen LogP contribution in [-0.4, -0.2) is 16.6 Å². The summed E-state index contributed by atoms with van der Waals surface area (Å²) in [4.78, 5) is 12.5. The monoisotopic (exact) mass is 319 g/mol. The zero-order valence-electron chi connectivity index (χ0n) is 12.6. The molecule has 4 fully saturated rings. The predicted molar refractivity (Wildman–Crippen MR) is 86.8 cm³/mol. The summed E-state index contributed by atoms with van der Waals surface area (Å²) in [6.45, 7) is 0. The average molecular weight is 320 g/mol. The Morgan fingerprint density at radius 1 is 1.18 bits per heavy atom. The van der Waals surface area contributed by atoms with E-state index >= 15 is 0 Å². The minimum atomic E-state index is -0.495. The second-order valence-corrected chi connectivity index (χ2v) is 8.35. The Morgan fingerprint density at radius 2 is 1.82 bits per heavy atom. The summed E-state index contributed by atoms with van der Waals surface area (Å²) in [7, 11) is 0. The van der Waals surface area contributed by atoms with Crippen molar-refractivity contribution in [2.45, 2.75) is 50.5 Å². The Hall–Kier alpha value is -1.06. The van der Waals surface area contributed by atoms with E-state index in [4.69, 9.17) is 11.6 Å². The number of halogens is 1. The van der Waals surface area contributed by atoms with Crippen molar-refractivity contribution in [3.63, 3.8) is 0 Å². The number of aliphatic hydroxyl groups is 1. The maximum Gasteiger partial charge on any atom is 0.224 e. The predicted octanol–water partition coefficient (Wildman–Crippen LogP) is 4.00. The van der Waals surface area contributed by atoms with E-state index in [0.29, 0.717) is 23.3 Å². The van der Waals surface area contributed by atoms with Crippen LogP contribution in [0.25, 0.3) is 0 Å². The third-order valence-electron chi connectivity index (χ3n) is 5.81. The van der Waals surface area contributed by atoms with Gasteiger partial charge in [0.1, 0.15) is 0 Å². The largest absolute Gasteiger partial charge is 0.390 e. The Kier molecular flexibility index (Phi) is 3.28. The quantitative estimate of drug-likeness (QED) is 0.884. The minimum Gasteiger partial charge on any atom is -0.390 e. The molecule has 1 aromatic rings. The molecule has 4 bridgehead atoms. The highest BCUT2D eigenvalue weighted by atomic mass is 35.5. The van der Waals surface area contributed by atoms with Gasteiger partial charge >= 0.3 is 0 Å². The van der Waals surface area contributed by atoms with Crippen molar-refractivity contribution in [2.75, 3.05) is 5.32 Å². The van der Waals surface area contributed by atoms with Crippen LogP contribution in [0, 0.1) is 17.3 Å². The van der Waals surface area contributed by atoms with Gasteiger partial charge in [0.25, 0.3) is 0 Å². The number of benzene rings is 1. The molecule has 0 spiro atoms. The van der Waals surface area contributed by atoms with Crippen LogP contribution < -0.4 is 5.32 Å². The van der Waals surface area contributed by atoms with Crippen molar-refractivity contribution >= 4 is 23.2 Å². The summed E-state index contributed by atoms with van der Waals surface area (Å²) in [5.41, 5.74) is 0.317. The lowest BCUT2D eigenvalue weighted by Crippen LogP contribution is -2.56. The lowest BCUT2D eigenvalue weighted by atomic mass is 9.47. The lowest BCUT2D eigenvalue weighted by Gasteiger charge is -2.60. The number of hydrogen-bond acceptors (Lipinski definition) is 2. The molecule has 22 heavy (non-hydrogen) atoms. The van der Waals surface area contributed by atoms with Gasteiger partial charge in [-0.1, -0.05) is 11.6 Å². The van der Waals surface area contributed by atoms with Crippen molar-refractivity contribution in [2.24, 2.45) is 17.3 Å². The summed E-state index contributed by atoms with van der Waals surface area (Å²) in [6.07, 6.45) is 6.71. The molecule has 0 radical (unpaired) electrons. The van der Waals surface area contributed by atoms with Gasteiger partial charge in [-0.3, -0.25) is 4.79 Å². The molecule has 0 aromatic heterocycles. The first-order valence-electron chi connectivity index (χ1n) is 8.22. The Labute approximate surface area is 136 Å². The molecule has 4 aliphatic rings. The molecule has 0 aliphatic heterocycles. The molecule has 4 aliphatic carbocycles. The molecule has 3 nitrogen and oxygen atoms in total. The van der Waals surface area contributed by atoms with Crippen LogP contribution in [0.4, 0.5) is 5.69 Å². The summed E-state index contributed by atoms with van der Waals surface area (Å²) in [5, 5.41) is 14.4. The number of carbonyl (C=O) groups is 1. The van der Waals surface area contributed by atoms with Crippen LogP contribution in [0.5, 0.6) is 0 Å². The van der Waals surface area contributed by atoms with Gasteiger partial charge in [-0.25, -0.2) is 0 Å². The van der Waals surface area contributed by atoms with Crippen LogP contribution in [-0.2, 0) is 4.79 Å². The smallest absolute Gasteiger partial charge is 0.224 e. The number of carbonyl (C=O) groups excluding carboxylic acids is 1. The number of rotatable bonds is 3. The third kappa shape index (κ3) is 2.65. The molecule has 2 unspecified atom stereocenters. The van der Waals surface area contributed by atoms with E-state index in [1.807, 2.05) is 12.1 Å². The van der Waals surface area contributed by atoms with E-state index in [1.54, 1.807) is 12.1 Å². The highest BCUT2D eigenvalue weighted by molar-refractivity contribution is 6.30. The molecule has 4 heteroatoms. The van der Waals surface area contributed by atoms with E-state index in [-0.39, 0.29) is 11.3 Å². The van der Waals surface area contributed by atoms with Gasteiger partial charge < -0.3 is 10.4 Å². The topological polar surface area (TPSA) is 49.3 Å². The molecule has 2 N–H and O–H groups in total. The first kappa shape index (κ1) is 14.5. The van der Waals surface area contributed by atoms with Crippen molar-refractivity contribution in [1.82, 2.24) is 0 Å². The van der Waals surface area contributed by atoms with Crippen LogP contribution in [0.15, 0.2) is 24.3 Å². The van der Waals surface area contributed by atoms with Crippen LogP contribution in [0.3, 0.4) is 0 Å². The zero-order valence-corrected chi connectivity index (χ0v) is 13.4. The molecule has 0 heterocycles. The summed E-state index contributed by atoms with van der Waals surface area (Å²) >= 11 is 5.87. The third-order valence-corrected chi connectivity index (χ3v) is 6.07. The van der Waals surface area contributed by atoms with Crippen molar-refractivity contribution in [1.29, 1.82) is 0 Å². The molecular weight excluding hydrogens is 298 g/mol. The number of anilines is 1. The second-order valence-electron chi connectivity index (χ2n) is 7.92. The fourth-order valence-corrected chi connectivity index (χ4v) is 5.81. The number of hydrogen-bond donors (Lipinski definition) is 2. The molecule has 0 saturated heterocycles. The van der Waals surface area contributed by atoms with Gasteiger partial charge in [0.15, 0.2) is 0 Å². The van der Waals surface area contributed by atoms with Crippen LogP contribution >= 0.6 is 11.6 Å². The Bertz CT molecular complexity index is 584. The van der Waals surface area contributed by atoms with E-state index in [2.05, 4.69) is 5.32 Å². The maximum absolute atomic E-state index is 12.5. The maximum atomic E-state index is 12.5. The van der Waals surface area contributed by atoms with Gasteiger partial charge in [0.05, 0.1) is 5.60 Å². The molecule has 1 amide bonds. The second kappa shape index (κ2) is 4.97. The normalized spacial score (nSPS) is 39.0. The van der Waals surface area contributed by atoms with E-state index in [9.17, 15) is 9.90 Å². The first-order valence-corrected chi connectivity index (χ1v) is 8.59. The van der Waals surface area contributed by atoms with E-state index in [1.165, 1.54) is 6.42 Å². The molecule has 1 aromatic carbocycles. The fourth-order valence-electron chi connectivity index (χ4n) is 5.69. The fraction of sp³-hybridized carbons (Fsp3) is 0.611. The van der Waals surface area contributed by atoms with Gasteiger partial charge in [-0.15, -0.1) is 0 Å². The van der Waals surface area contributed by atoms with E-state index in [0.717, 1.165) is 37.8 Å². The van der Waals surface area contributed by atoms with Crippen LogP contribution in [0.1, 0.15) is 44.9 Å². The Balaban J connectivity index is 1.46. The van der Waals surface area contributed by atoms with Crippen molar-refractivity contribution < 1.29 is 9.90 Å². The zero-order chi connectivity index (χ0) is 15.4. The number of amides is 1. The first-order chi connectivity index (χ1) is 10.4. The summed E-state index contributed by atoms with van der Waals surface area (Å²) in [6, 6.07) is 7.22. The summed E-state index contributed by atoms with van der Waals surface area (Å²) < 4.78 is 0. The van der Waals surface area contributed by atoms with Crippen molar-refractivity contribution in [3.05, 3.63) is 29.3 Å². The average Bonchev–Trinajstić information content (AvgIpc) is 2.37. The van der Waals surface area contributed by atoms with Crippen molar-refractivity contribution in [3.8, 4) is 0 Å². The molecule has 4 saturated carbocycles. The molecule has 5 rings (SSSR count). The van der Waals surface area contributed by atoms with Gasteiger partial charge in [0, 0.05) is 17.1 Å². The molecule has 118 valence electrons. The van der Waals surface area contributed by atoms with E-state index < -0.39 is 5.60 Å². The highest BCUT2D eigenvalue weighted by Crippen LogP contribution is 2.62.